The zero-order chi connectivity index (χ0) is 14.5. The number of likely N-dealkylation sites (tertiary alicyclic amines) is 1. The van der Waals surface area contributed by atoms with Crippen molar-refractivity contribution >= 4 is 11.6 Å². The van der Waals surface area contributed by atoms with Crippen LogP contribution in [0.2, 0.25) is 0 Å². The minimum absolute atomic E-state index is 0.0159. The largest absolute Gasteiger partial charge is 0.484 e. The highest BCUT2D eigenvalue weighted by molar-refractivity contribution is 5.77. The van der Waals surface area contributed by atoms with Gasteiger partial charge in [-0.15, -0.1) is 0 Å². The Kier molecular flexibility index (Phi) is 4.84. The lowest BCUT2D eigenvalue weighted by Gasteiger charge is -2.35. The second-order valence-electron chi connectivity index (χ2n) is 5.42. The Balaban J connectivity index is 1.83. The Labute approximate surface area is 120 Å². The highest BCUT2D eigenvalue weighted by atomic mass is 16.5. The second-order valence-corrected chi connectivity index (χ2v) is 5.42. The SMILES string of the molecule is CN1CCCC(N(C)C(=O)COc2ccc(N)cc2)C1. The molecular weight excluding hydrogens is 254 g/mol. The molecule has 1 atom stereocenters. The summed E-state index contributed by atoms with van der Waals surface area (Å²) in [5, 5.41) is 0. The molecule has 20 heavy (non-hydrogen) atoms. The number of carbonyl (C=O) groups excluding carboxylic acids is 1. The van der Waals surface area contributed by atoms with Crippen molar-refractivity contribution in [2.24, 2.45) is 0 Å². The number of hydrogen-bond donors (Lipinski definition) is 1. The first-order valence-corrected chi connectivity index (χ1v) is 6.99. The molecule has 1 aromatic rings. The molecule has 0 saturated carbocycles. The van der Waals surface area contributed by atoms with Crippen molar-refractivity contribution in [1.29, 1.82) is 0 Å². The lowest BCUT2D eigenvalue weighted by atomic mass is 10.1. The van der Waals surface area contributed by atoms with Gasteiger partial charge in [-0.1, -0.05) is 0 Å². The number of benzene rings is 1. The summed E-state index contributed by atoms with van der Waals surface area (Å²) in [6, 6.07) is 7.36. The van der Waals surface area contributed by atoms with Crippen LogP contribution in [0.1, 0.15) is 12.8 Å². The summed E-state index contributed by atoms with van der Waals surface area (Å²) in [5.41, 5.74) is 6.29. The summed E-state index contributed by atoms with van der Waals surface area (Å²) >= 11 is 0. The summed E-state index contributed by atoms with van der Waals surface area (Å²) in [4.78, 5) is 16.2. The lowest BCUT2D eigenvalue weighted by Crippen LogP contribution is -2.48. The third kappa shape index (κ3) is 3.87. The first-order chi connectivity index (χ1) is 9.56. The molecule has 0 spiro atoms. The van der Waals surface area contributed by atoms with Crippen LogP contribution in [0.3, 0.4) is 0 Å². The van der Waals surface area contributed by atoms with Gasteiger partial charge in [0.1, 0.15) is 5.75 Å². The van der Waals surface area contributed by atoms with Crippen LogP contribution in [0.4, 0.5) is 5.69 Å². The summed E-state index contributed by atoms with van der Waals surface area (Å²) < 4.78 is 5.50. The standard InChI is InChI=1S/C15H23N3O2/c1-17-9-3-4-13(10-17)18(2)15(19)11-20-14-7-5-12(16)6-8-14/h5-8,13H,3-4,9-11,16H2,1-2H3. The fraction of sp³-hybridized carbons (Fsp3) is 0.533. The third-order valence-corrected chi connectivity index (χ3v) is 3.78. The summed E-state index contributed by atoms with van der Waals surface area (Å²) in [6.07, 6.45) is 2.20. The number of rotatable bonds is 4. The van der Waals surface area contributed by atoms with Crippen molar-refractivity contribution in [2.45, 2.75) is 18.9 Å². The van der Waals surface area contributed by atoms with Gasteiger partial charge >= 0.3 is 0 Å². The van der Waals surface area contributed by atoms with Gasteiger partial charge in [0.2, 0.25) is 0 Å². The Bertz CT molecular complexity index is 447. The van der Waals surface area contributed by atoms with Gasteiger partial charge in [0.05, 0.1) is 0 Å². The molecule has 0 aliphatic carbocycles. The molecule has 5 nitrogen and oxygen atoms in total. The van der Waals surface area contributed by atoms with Gasteiger partial charge in [-0.25, -0.2) is 0 Å². The van der Waals surface area contributed by atoms with Gasteiger partial charge in [-0.3, -0.25) is 4.79 Å². The van der Waals surface area contributed by atoms with E-state index in [1.54, 1.807) is 24.3 Å². The van der Waals surface area contributed by atoms with E-state index in [1.807, 2.05) is 11.9 Å². The predicted molar refractivity (Wildman–Crippen MR) is 79.6 cm³/mol. The van der Waals surface area contributed by atoms with Crippen LogP contribution in [0.25, 0.3) is 0 Å². The van der Waals surface area contributed by atoms with Crippen molar-refractivity contribution in [3.8, 4) is 5.75 Å². The Hall–Kier alpha value is -1.75. The van der Waals surface area contributed by atoms with Crippen LogP contribution in [0.5, 0.6) is 5.75 Å². The van der Waals surface area contributed by atoms with Crippen LogP contribution >= 0.6 is 0 Å². The Morgan fingerprint density at radius 2 is 2.15 bits per heavy atom. The van der Waals surface area contributed by atoms with Gasteiger partial charge < -0.3 is 20.3 Å². The number of anilines is 1. The molecule has 2 N–H and O–H groups in total. The third-order valence-electron chi connectivity index (χ3n) is 3.78. The molecule has 1 aliphatic rings. The minimum atomic E-state index is 0.0159. The number of hydrogen-bond acceptors (Lipinski definition) is 4. The number of likely N-dealkylation sites (N-methyl/N-ethyl adjacent to an activating group) is 2. The van der Waals surface area contributed by atoms with E-state index in [9.17, 15) is 4.79 Å². The maximum atomic E-state index is 12.1. The topological polar surface area (TPSA) is 58.8 Å². The number of carbonyl (C=O) groups is 1. The molecule has 0 aromatic heterocycles. The Morgan fingerprint density at radius 3 is 2.80 bits per heavy atom. The second kappa shape index (κ2) is 6.61. The quantitative estimate of drug-likeness (QED) is 0.840. The van der Waals surface area contributed by atoms with Crippen LogP contribution in [-0.2, 0) is 4.79 Å². The number of nitrogens with zero attached hydrogens (tertiary/aromatic N) is 2. The molecule has 1 fully saturated rings. The van der Waals surface area contributed by atoms with Gasteiger partial charge in [-0.2, -0.15) is 0 Å². The molecule has 0 bridgehead atoms. The van der Waals surface area contributed by atoms with E-state index in [0.29, 0.717) is 11.4 Å². The first kappa shape index (κ1) is 14.7. The van der Waals surface area contributed by atoms with Crippen LogP contribution in [-0.4, -0.2) is 55.5 Å². The smallest absolute Gasteiger partial charge is 0.260 e. The van der Waals surface area contributed by atoms with Gasteiger partial charge in [0.15, 0.2) is 6.61 Å². The fourth-order valence-electron chi connectivity index (χ4n) is 2.47. The average Bonchev–Trinajstić information content (AvgIpc) is 2.45. The molecule has 1 aliphatic heterocycles. The summed E-state index contributed by atoms with van der Waals surface area (Å²) in [5.74, 6) is 0.684. The molecule has 1 unspecified atom stereocenters. The van der Waals surface area contributed by atoms with Crippen molar-refractivity contribution in [3.63, 3.8) is 0 Å². The van der Waals surface area contributed by atoms with E-state index in [4.69, 9.17) is 10.5 Å². The Morgan fingerprint density at radius 1 is 1.45 bits per heavy atom. The monoisotopic (exact) mass is 277 g/mol. The predicted octanol–water partition coefficient (Wildman–Crippen LogP) is 1.20. The average molecular weight is 277 g/mol. The highest BCUT2D eigenvalue weighted by Gasteiger charge is 2.24. The molecule has 1 amide bonds. The fourth-order valence-corrected chi connectivity index (χ4v) is 2.47. The maximum absolute atomic E-state index is 12.1. The minimum Gasteiger partial charge on any atom is -0.484 e. The van der Waals surface area contributed by atoms with Gasteiger partial charge in [-0.05, 0) is 50.7 Å². The molecule has 0 radical (unpaired) electrons. The van der Waals surface area contributed by atoms with Crippen molar-refractivity contribution < 1.29 is 9.53 Å². The van der Waals surface area contributed by atoms with Crippen molar-refractivity contribution in [2.75, 3.05) is 39.5 Å². The normalized spacial score (nSPS) is 19.6. The number of amides is 1. The molecule has 1 saturated heterocycles. The van der Waals surface area contributed by atoms with Crippen molar-refractivity contribution in [3.05, 3.63) is 24.3 Å². The molecule has 1 aromatic carbocycles. The number of nitrogen functional groups attached to an aromatic ring is 1. The van der Waals surface area contributed by atoms with E-state index in [1.165, 1.54) is 0 Å². The van der Waals surface area contributed by atoms with Crippen LogP contribution < -0.4 is 10.5 Å². The molecule has 5 heteroatoms. The number of nitrogens with two attached hydrogens (primary N) is 1. The summed E-state index contributed by atoms with van der Waals surface area (Å²) in [7, 11) is 3.95. The zero-order valence-electron chi connectivity index (χ0n) is 12.2. The maximum Gasteiger partial charge on any atom is 0.260 e. The number of ether oxygens (including phenoxy) is 1. The van der Waals surface area contributed by atoms with Crippen LogP contribution in [0, 0.1) is 0 Å². The lowest BCUT2D eigenvalue weighted by molar-refractivity contribution is -0.135. The van der Waals surface area contributed by atoms with Gasteiger partial charge in [0.25, 0.3) is 5.91 Å². The van der Waals surface area contributed by atoms with E-state index < -0.39 is 0 Å². The van der Waals surface area contributed by atoms with Crippen LogP contribution in [0.15, 0.2) is 24.3 Å². The summed E-state index contributed by atoms with van der Waals surface area (Å²) in [6.45, 7) is 2.12. The number of piperidine rings is 1. The molecule has 110 valence electrons. The first-order valence-electron chi connectivity index (χ1n) is 6.99. The molecule has 2 rings (SSSR count). The van der Waals surface area contributed by atoms with E-state index >= 15 is 0 Å². The highest BCUT2D eigenvalue weighted by Crippen LogP contribution is 2.15. The van der Waals surface area contributed by atoms with Crippen molar-refractivity contribution in [1.82, 2.24) is 9.80 Å². The van der Waals surface area contributed by atoms with E-state index in [-0.39, 0.29) is 18.6 Å². The molecule has 1 heterocycles. The zero-order valence-corrected chi connectivity index (χ0v) is 12.2. The van der Waals surface area contributed by atoms with E-state index in [0.717, 1.165) is 25.9 Å². The van der Waals surface area contributed by atoms with Gasteiger partial charge in [0, 0.05) is 25.3 Å². The molecular formula is C15H23N3O2. The van der Waals surface area contributed by atoms with E-state index in [2.05, 4.69) is 11.9 Å².